The van der Waals surface area contributed by atoms with Crippen LogP contribution in [0.2, 0.25) is 0 Å². The van der Waals surface area contributed by atoms with Crippen LogP contribution in [0.4, 0.5) is 4.39 Å². The van der Waals surface area contributed by atoms with E-state index in [2.05, 4.69) is 0 Å². The van der Waals surface area contributed by atoms with Crippen molar-refractivity contribution < 1.29 is 24.2 Å². The van der Waals surface area contributed by atoms with Crippen LogP contribution in [0, 0.1) is 11.2 Å². The lowest BCUT2D eigenvalue weighted by Crippen LogP contribution is -2.64. The van der Waals surface area contributed by atoms with Crippen LogP contribution in [0.25, 0.3) is 0 Å². The van der Waals surface area contributed by atoms with Crippen molar-refractivity contribution in [2.24, 2.45) is 5.41 Å². The summed E-state index contributed by atoms with van der Waals surface area (Å²) in [6.07, 6.45) is 1.82. The van der Waals surface area contributed by atoms with Gasteiger partial charge in [0.05, 0.1) is 12.0 Å². The molecule has 3 rings (SSSR count). The molecule has 0 amide bonds. The Hall–Kier alpha value is -1.99. The molecule has 25 heavy (non-hydrogen) atoms. The SMILES string of the molecule is O=C(O)CN1CCC[C@]2(C(=O)O)CN(Cc3cccc(F)c3)CC[C@@H]12. The fourth-order valence-electron chi connectivity index (χ4n) is 4.40. The Morgan fingerprint density at radius 1 is 1.28 bits per heavy atom. The summed E-state index contributed by atoms with van der Waals surface area (Å²) in [5.74, 6) is -2.09. The molecule has 0 saturated carbocycles. The van der Waals surface area contributed by atoms with Gasteiger partial charge >= 0.3 is 11.9 Å². The van der Waals surface area contributed by atoms with Crippen molar-refractivity contribution in [1.29, 1.82) is 0 Å². The molecular weight excluding hydrogens is 327 g/mol. The van der Waals surface area contributed by atoms with E-state index >= 15 is 0 Å². The van der Waals surface area contributed by atoms with E-state index < -0.39 is 17.4 Å². The van der Waals surface area contributed by atoms with E-state index in [-0.39, 0.29) is 18.4 Å². The molecule has 0 aromatic heterocycles. The van der Waals surface area contributed by atoms with E-state index in [9.17, 15) is 19.1 Å². The number of halogens is 1. The number of likely N-dealkylation sites (tertiary alicyclic amines) is 2. The number of hydrogen-bond donors (Lipinski definition) is 2. The highest BCUT2D eigenvalue weighted by atomic mass is 19.1. The van der Waals surface area contributed by atoms with Gasteiger partial charge < -0.3 is 10.2 Å². The Labute approximate surface area is 145 Å². The first-order chi connectivity index (χ1) is 11.9. The van der Waals surface area contributed by atoms with Gasteiger partial charge in [-0.2, -0.15) is 0 Å². The molecule has 2 aliphatic rings. The Balaban J connectivity index is 1.79. The summed E-state index contributed by atoms with van der Waals surface area (Å²) in [7, 11) is 0. The Bertz CT molecular complexity index is 668. The van der Waals surface area contributed by atoms with E-state index in [0.29, 0.717) is 45.4 Å². The first-order valence-electron chi connectivity index (χ1n) is 8.57. The summed E-state index contributed by atoms with van der Waals surface area (Å²) >= 11 is 0. The normalized spacial score (nSPS) is 27.6. The molecule has 1 aromatic rings. The summed E-state index contributed by atoms with van der Waals surface area (Å²) in [5, 5.41) is 19.1. The molecular formula is C18H23FN2O4. The van der Waals surface area contributed by atoms with Crippen molar-refractivity contribution in [3.8, 4) is 0 Å². The summed E-state index contributed by atoms with van der Waals surface area (Å²) in [6.45, 7) is 2.03. The number of hydrogen-bond acceptors (Lipinski definition) is 4. The van der Waals surface area contributed by atoms with Crippen LogP contribution in [0.1, 0.15) is 24.8 Å². The minimum Gasteiger partial charge on any atom is -0.481 e. The van der Waals surface area contributed by atoms with E-state index in [1.807, 2.05) is 11.0 Å². The molecule has 1 aromatic carbocycles. The van der Waals surface area contributed by atoms with Gasteiger partial charge in [-0.1, -0.05) is 12.1 Å². The maximum absolute atomic E-state index is 13.4. The molecule has 2 aliphatic heterocycles. The third-order valence-electron chi connectivity index (χ3n) is 5.43. The van der Waals surface area contributed by atoms with Crippen molar-refractivity contribution in [3.63, 3.8) is 0 Å². The van der Waals surface area contributed by atoms with Crippen molar-refractivity contribution in [2.75, 3.05) is 26.2 Å². The van der Waals surface area contributed by atoms with Crippen LogP contribution >= 0.6 is 0 Å². The molecule has 2 saturated heterocycles. The lowest BCUT2D eigenvalue weighted by Gasteiger charge is -2.52. The van der Waals surface area contributed by atoms with Crippen LogP contribution in [0.3, 0.4) is 0 Å². The summed E-state index contributed by atoms with van der Waals surface area (Å²) in [4.78, 5) is 27.1. The van der Waals surface area contributed by atoms with Gasteiger partial charge in [-0.25, -0.2) is 4.39 Å². The lowest BCUT2D eigenvalue weighted by atomic mass is 9.69. The number of carbonyl (C=O) groups is 2. The zero-order chi connectivity index (χ0) is 18.0. The molecule has 0 aliphatic carbocycles. The maximum Gasteiger partial charge on any atom is 0.317 e. The zero-order valence-electron chi connectivity index (χ0n) is 14.0. The average Bonchev–Trinajstić information content (AvgIpc) is 2.54. The third kappa shape index (κ3) is 3.67. The minimum atomic E-state index is -0.959. The molecule has 2 fully saturated rings. The number of rotatable bonds is 5. The predicted octanol–water partition coefficient (Wildman–Crippen LogP) is 1.65. The summed E-state index contributed by atoms with van der Waals surface area (Å²) in [5.41, 5.74) is -0.142. The van der Waals surface area contributed by atoms with Gasteiger partial charge in [-0.3, -0.25) is 19.4 Å². The van der Waals surface area contributed by atoms with Gasteiger partial charge in [-0.15, -0.1) is 0 Å². The molecule has 0 bridgehead atoms. The number of aliphatic carboxylic acids is 2. The molecule has 2 heterocycles. The van der Waals surface area contributed by atoms with E-state index in [4.69, 9.17) is 5.11 Å². The topological polar surface area (TPSA) is 81.1 Å². The van der Waals surface area contributed by atoms with Crippen molar-refractivity contribution >= 4 is 11.9 Å². The molecule has 2 N–H and O–H groups in total. The molecule has 2 atom stereocenters. The quantitative estimate of drug-likeness (QED) is 0.840. The van der Waals surface area contributed by atoms with Crippen LogP contribution < -0.4 is 0 Å². The summed E-state index contributed by atoms with van der Waals surface area (Å²) < 4.78 is 13.4. The van der Waals surface area contributed by atoms with Gasteiger partial charge in [0.15, 0.2) is 0 Å². The van der Waals surface area contributed by atoms with Crippen molar-refractivity contribution in [1.82, 2.24) is 9.80 Å². The van der Waals surface area contributed by atoms with E-state index in [1.54, 1.807) is 11.0 Å². The molecule has 136 valence electrons. The first kappa shape index (κ1) is 17.8. The Morgan fingerprint density at radius 3 is 2.76 bits per heavy atom. The number of piperidine rings is 2. The number of benzene rings is 1. The third-order valence-corrected chi connectivity index (χ3v) is 5.43. The first-order valence-corrected chi connectivity index (χ1v) is 8.57. The number of carboxylic acids is 2. The second-order valence-electron chi connectivity index (χ2n) is 7.07. The average molecular weight is 350 g/mol. The Morgan fingerprint density at radius 2 is 2.08 bits per heavy atom. The molecule has 6 nitrogen and oxygen atoms in total. The van der Waals surface area contributed by atoms with E-state index in [1.165, 1.54) is 12.1 Å². The van der Waals surface area contributed by atoms with Crippen LogP contribution in [0.15, 0.2) is 24.3 Å². The highest BCUT2D eigenvalue weighted by Crippen LogP contribution is 2.42. The monoisotopic (exact) mass is 350 g/mol. The van der Waals surface area contributed by atoms with Gasteiger partial charge in [0.1, 0.15) is 5.82 Å². The maximum atomic E-state index is 13.4. The highest BCUT2D eigenvalue weighted by molar-refractivity contribution is 5.77. The fraction of sp³-hybridized carbons (Fsp3) is 0.556. The second-order valence-corrected chi connectivity index (χ2v) is 7.07. The predicted molar refractivity (Wildman–Crippen MR) is 88.6 cm³/mol. The number of fused-ring (bicyclic) bond motifs is 1. The Kier molecular flexibility index (Phi) is 5.06. The number of carboxylic acid groups (broad SMARTS) is 2. The molecule has 7 heteroatoms. The van der Waals surface area contributed by atoms with Gasteiger partial charge in [0, 0.05) is 25.7 Å². The van der Waals surface area contributed by atoms with Gasteiger partial charge in [0.2, 0.25) is 0 Å². The highest BCUT2D eigenvalue weighted by Gasteiger charge is 2.53. The minimum absolute atomic E-state index is 0.121. The summed E-state index contributed by atoms with van der Waals surface area (Å²) in [6, 6.07) is 6.08. The largest absolute Gasteiger partial charge is 0.481 e. The lowest BCUT2D eigenvalue weighted by molar-refractivity contribution is -0.166. The van der Waals surface area contributed by atoms with Gasteiger partial charge in [-0.05, 0) is 43.5 Å². The van der Waals surface area contributed by atoms with Crippen LogP contribution in [0.5, 0.6) is 0 Å². The van der Waals surface area contributed by atoms with Gasteiger partial charge in [0.25, 0.3) is 0 Å². The van der Waals surface area contributed by atoms with Crippen molar-refractivity contribution in [3.05, 3.63) is 35.6 Å². The second kappa shape index (κ2) is 7.09. The molecule has 0 unspecified atom stereocenters. The van der Waals surface area contributed by atoms with E-state index in [0.717, 1.165) is 5.56 Å². The van der Waals surface area contributed by atoms with Crippen LogP contribution in [-0.4, -0.2) is 64.2 Å². The van der Waals surface area contributed by atoms with Crippen LogP contribution in [-0.2, 0) is 16.1 Å². The molecule has 0 spiro atoms. The van der Waals surface area contributed by atoms with Crippen molar-refractivity contribution in [2.45, 2.75) is 31.8 Å². The number of nitrogens with zero attached hydrogens (tertiary/aromatic N) is 2. The fourth-order valence-corrected chi connectivity index (χ4v) is 4.40. The zero-order valence-corrected chi connectivity index (χ0v) is 14.0. The standard InChI is InChI=1S/C18H23FN2O4/c19-14-4-1-3-13(9-14)10-20-8-5-15-18(12-20,17(24)25)6-2-7-21(15)11-16(22)23/h1,3-4,9,15H,2,5-8,10-12H2,(H,22,23)(H,24,25)/t15-,18+/m1/s1. The molecule has 0 radical (unpaired) electrons. The smallest absolute Gasteiger partial charge is 0.317 e.